The lowest BCUT2D eigenvalue weighted by Crippen LogP contribution is -2.40. The van der Waals surface area contributed by atoms with Gasteiger partial charge in [-0.1, -0.05) is 45.0 Å². The molecule has 0 aliphatic carbocycles. The van der Waals surface area contributed by atoms with Crippen LogP contribution in [0, 0.1) is 0 Å². The summed E-state index contributed by atoms with van der Waals surface area (Å²) >= 11 is 0. The molecule has 0 radical (unpaired) electrons. The Morgan fingerprint density at radius 3 is 2.43 bits per heavy atom. The van der Waals surface area contributed by atoms with Crippen LogP contribution in [-0.2, 0) is 11.0 Å². The SMILES string of the molecule is CC(C)(C)[Si](C)(C)OCc1ccccc1C(=O)c1cccnc1. The predicted octanol–water partition coefficient (Wildman–Crippen LogP) is 4.83. The molecule has 0 aliphatic rings. The monoisotopic (exact) mass is 327 g/mol. The normalized spacial score (nSPS) is 12.2. The van der Waals surface area contributed by atoms with Crippen molar-refractivity contribution in [2.24, 2.45) is 0 Å². The molecule has 0 aliphatic heterocycles. The van der Waals surface area contributed by atoms with Crippen LogP contribution in [0.5, 0.6) is 0 Å². The first kappa shape index (κ1) is 17.6. The topological polar surface area (TPSA) is 39.2 Å². The Bertz CT molecular complexity index is 675. The van der Waals surface area contributed by atoms with Crippen LogP contribution in [-0.4, -0.2) is 19.1 Å². The predicted molar refractivity (Wildman–Crippen MR) is 96.1 cm³/mol. The zero-order valence-corrected chi connectivity index (χ0v) is 15.6. The lowest BCUT2D eigenvalue weighted by molar-refractivity contribution is 0.103. The molecule has 0 bridgehead atoms. The minimum Gasteiger partial charge on any atom is -0.413 e. The van der Waals surface area contributed by atoms with Gasteiger partial charge in [0.25, 0.3) is 0 Å². The van der Waals surface area contributed by atoms with Crippen molar-refractivity contribution in [3.8, 4) is 0 Å². The first-order valence-electron chi connectivity index (χ1n) is 7.89. The Labute approximate surface area is 139 Å². The van der Waals surface area contributed by atoms with E-state index in [1.165, 1.54) is 0 Å². The average molecular weight is 328 g/mol. The van der Waals surface area contributed by atoms with Crippen molar-refractivity contribution >= 4 is 14.1 Å². The van der Waals surface area contributed by atoms with Crippen molar-refractivity contribution in [1.29, 1.82) is 0 Å². The van der Waals surface area contributed by atoms with Gasteiger partial charge in [-0.15, -0.1) is 0 Å². The van der Waals surface area contributed by atoms with Crippen LogP contribution >= 0.6 is 0 Å². The van der Waals surface area contributed by atoms with E-state index in [0.29, 0.717) is 17.7 Å². The number of benzene rings is 1. The molecule has 0 unspecified atom stereocenters. The van der Waals surface area contributed by atoms with Crippen LogP contribution in [0.4, 0.5) is 0 Å². The number of carbonyl (C=O) groups is 1. The van der Waals surface area contributed by atoms with Crippen LogP contribution < -0.4 is 0 Å². The van der Waals surface area contributed by atoms with E-state index in [4.69, 9.17) is 4.43 Å². The van der Waals surface area contributed by atoms with Crippen LogP contribution in [0.3, 0.4) is 0 Å². The smallest absolute Gasteiger partial charge is 0.194 e. The van der Waals surface area contributed by atoms with Crippen molar-refractivity contribution in [3.05, 3.63) is 65.5 Å². The van der Waals surface area contributed by atoms with E-state index in [0.717, 1.165) is 5.56 Å². The molecule has 0 saturated carbocycles. The molecule has 0 atom stereocenters. The van der Waals surface area contributed by atoms with E-state index in [1.54, 1.807) is 24.5 Å². The summed E-state index contributed by atoms with van der Waals surface area (Å²) in [6.07, 6.45) is 3.27. The highest BCUT2D eigenvalue weighted by molar-refractivity contribution is 6.74. The minimum atomic E-state index is -1.85. The van der Waals surface area contributed by atoms with Crippen molar-refractivity contribution in [3.63, 3.8) is 0 Å². The molecular weight excluding hydrogens is 302 g/mol. The summed E-state index contributed by atoms with van der Waals surface area (Å²) in [6, 6.07) is 11.2. The van der Waals surface area contributed by atoms with Gasteiger partial charge < -0.3 is 4.43 Å². The molecule has 4 heteroatoms. The molecule has 0 amide bonds. The summed E-state index contributed by atoms with van der Waals surface area (Å²) in [7, 11) is -1.85. The Morgan fingerprint density at radius 2 is 1.83 bits per heavy atom. The Kier molecular flexibility index (Phi) is 5.17. The second kappa shape index (κ2) is 6.77. The molecule has 2 rings (SSSR count). The lowest BCUT2D eigenvalue weighted by atomic mass is 10.00. The summed E-state index contributed by atoms with van der Waals surface area (Å²) < 4.78 is 6.28. The molecule has 1 heterocycles. The fourth-order valence-corrected chi connectivity index (χ4v) is 2.94. The molecule has 122 valence electrons. The number of rotatable bonds is 5. The largest absolute Gasteiger partial charge is 0.413 e. The Morgan fingerprint density at radius 1 is 1.13 bits per heavy atom. The second-order valence-electron chi connectivity index (χ2n) is 7.28. The maximum Gasteiger partial charge on any atom is 0.194 e. The van der Waals surface area contributed by atoms with Gasteiger partial charge in [0.1, 0.15) is 0 Å². The highest BCUT2D eigenvalue weighted by Gasteiger charge is 2.37. The molecular formula is C19H25NO2Si. The van der Waals surface area contributed by atoms with Gasteiger partial charge in [0.2, 0.25) is 0 Å². The van der Waals surface area contributed by atoms with E-state index in [9.17, 15) is 4.79 Å². The first-order chi connectivity index (χ1) is 10.7. The van der Waals surface area contributed by atoms with E-state index >= 15 is 0 Å². The second-order valence-corrected chi connectivity index (χ2v) is 12.1. The summed E-state index contributed by atoms with van der Waals surface area (Å²) in [5, 5.41) is 0.148. The molecule has 23 heavy (non-hydrogen) atoms. The molecule has 0 saturated heterocycles. The van der Waals surface area contributed by atoms with Gasteiger partial charge in [-0.2, -0.15) is 0 Å². The van der Waals surface area contributed by atoms with Crippen molar-refractivity contribution < 1.29 is 9.22 Å². The van der Waals surface area contributed by atoms with Crippen molar-refractivity contribution in [1.82, 2.24) is 4.98 Å². The van der Waals surface area contributed by atoms with Gasteiger partial charge in [0, 0.05) is 23.5 Å². The van der Waals surface area contributed by atoms with Crippen LogP contribution in [0.1, 0.15) is 42.3 Å². The molecule has 0 fully saturated rings. The number of hydrogen-bond donors (Lipinski definition) is 0. The molecule has 3 nitrogen and oxygen atoms in total. The Hall–Kier alpha value is -1.78. The van der Waals surface area contributed by atoms with E-state index in [1.807, 2.05) is 24.3 Å². The summed E-state index contributed by atoms with van der Waals surface area (Å²) in [5.74, 6) is -0.00692. The number of carbonyl (C=O) groups excluding carboxylic acids is 1. The maximum absolute atomic E-state index is 12.7. The van der Waals surface area contributed by atoms with E-state index < -0.39 is 8.32 Å². The quantitative estimate of drug-likeness (QED) is 0.583. The van der Waals surface area contributed by atoms with Crippen LogP contribution in [0.15, 0.2) is 48.8 Å². The third kappa shape index (κ3) is 4.15. The van der Waals surface area contributed by atoms with E-state index in [-0.39, 0.29) is 10.8 Å². The highest BCUT2D eigenvalue weighted by Crippen LogP contribution is 2.37. The standard InChI is InChI=1S/C19H25NO2Si/c1-19(2,3)23(4,5)22-14-16-9-6-7-11-17(16)18(21)15-10-8-12-20-13-15/h6-13H,14H2,1-5H3. The lowest BCUT2D eigenvalue weighted by Gasteiger charge is -2.36. The fraction of sp³-hybridized carbons (Fsp3) is 0.368. The number of aromatic nitrogens is 1. The molecule has 0 N–H and O–H groups in total. The average Bonchev–Trinajstić information content (AvgIpc) is 2.52. The summed E-state index contributed by atoms with van der Waals surface area (Å²) in [5.41, 5.74) is 2.23. The van der Waals surface area contributed by atoms with Crippen molar-refractivity contribution in [2.75, 3.05) is 0 Å². The number of nitrogens with zero attached hydrogens (tertiary/aromatic N) is 1. The van der Waals surface area contributed by atoms with Gasteiger partial charge in [0.05, 0.1) is 6.61 Å². The zero-order chi connectivity index (χ0) is 17.1. The van der Waals surface area contributed by atoms with Crippen LogP contribution in [0.25, 0.3) is 0 Å². The molecule has 2 aromatic rings. The summed E-state index contributed by atoms with van der Waals surface area (Å²) in [4.78, 5) is 16.7. The first-order valence-corrected chi connectivity index (χ1v) is 10.8. The molecule has 0 spiro atoms. The number of ketones is 1. The summed E-state index contributed by atoms with van der Waals surface area (Å²) in [6.45, 7) is 11.6. The number of pyridine rings is 1. The van der Waals surface area contributed by atoms with Gasteiger partial charge in [0.15, 0.2) is 14.1 Å². The van der Waals surface area contributed by atoms with Gasteiger partial charge >= 0.3 is 0 Å². The zero-order valence-electron chi connectivity index (χ0n) is 14.6. The third-order valence-corrected chi connectivity index (χ3v) is 9.06. The van der Waals surface area contributed by atoms with Crippen molar-refractivity contribution in [2.45, 2.75) is 45.5 Å². The van der Waals surface area contributed by atoms with Gasteiger partial charge in [-0.3, -0.25) is 9.78 Å². The molecule has 1 aromatic carbocycles. The van der Waals surface area contributed by atoms with Crippen LogP contribution in [0.2, 0.25) is 18.1 Å². The molecule has 1 aromatic heterocycles. The van der Waals surface area contributed by atoms with Gasteiger partial charge in [-0.05, 0) is 35.8 Å². The third-order valence-electron chi connectivity index (χ3n) is 4.58. The maximum atomic E-state index is 12.7. The van der Waals surface area contributed by atoms with Gasteiger partial charge in [-0.25, -0.2) is 0 Å². The minimum absolute atomic E-state index is 0.00692. The number of hydrogen-bond acceptors (Lipinski definition) is 3. The Balaban J connectivity index is 2.24. The highest BCUT2D eigenvalue weighted by atomic mass is 28.4. The fourth-order valence-electron chi connectivity index (χ4n) is 1.99. The van der Waals surface area contributed by atoms with E-state index in [2.05, 4.69) is 38.8 Å².